The van der Waals surface area contributed by atoms with Crippen molar-refractivity contribution >= 4 is 21.6 Å². The summed E-state index contributed by atoms with van der Waals surface area (Å²) in [6.07, 6.45) is 2.42. The van der Waals surface area contributed by atoms with Gasteiger partial charge in [-0.05, 0) is 37.5 Å². The molecule has 2 rings (SSSR count). The van der Waals surface area contributed by atoms with Gasteiger partial charge in [0, 0.05) is 22.3 Å². The summed E-state index contributed by atoms with van der Waals surface area (Å²) in [6.45, 7) is 2.90. The van der Waals surface area contributed by atoms with Crippen LogP contribution in [-0.2, 0) is 4.74 Å². The van der Waals surface area contributed by atoms with Gasteiger partial charge in [0.15, 0.2) is 0 Å². The van der Waals surface area contributed by atoms with E-state index in [4.69, 9.17) is 10.5 Å². The maximum atomic E-state index is 5.97. The van der Waals surface area contributed by atoms with Crippen molar-refractivity contribution in [1.29, 1.82) is 0 Å². The molecule has 0 saturated carbocycles. The predicted molar refractivity (Wildman–Crippen MR) is 61.2 cm³/mol. The Morgan fingerprint density at radius 1 is 1.50 bits per heavy atom. The highest BCUT2D eigenvalue weighted by atomic mass is 79.9. The molecule has 0 bridgehead atoms. The summed E-state index contributed by atoms with van der Waals surface area (Å²) in [4.78, 5) is 0. The van der Waals surface area contributed by atoms with E-state index in [1.807, 2.05) is 13.0 Å². The van der Waals surface area contributed by atoms with Crippen molar-refractivity contribution in [1.82, 2.24) is 0 Å². The molecule has 0 spiro atoms. The molecule has 1 aliphatic rings. The van der Waals surface area contributed by atoms with Crippen LogP contribution in [0.5, 0.6) is 0 Å². The molecule has 0 amide bonds. The van der Waals surface area contributed by atoms with Crippen molar-refractivity contribution in [2.24, 2.45) is 0 Å². The molecule has 2 N–H and O–H groups in total. The maximum absolute atomic E-state index is 5.97. The van der Waals surface area contributed by atoms with Gasteiger partial charge in [-0.3, -0.25) is 0 Å². The van der Waals surface area contributed by atoms with E-state index in [1.165, 1.54) is 5.56 Å². The van der Waals surface area contributed by atoms with Crippen LogP contribution >= 0.6 is 15.9 Å². The minimum absolute atomic E-state index is 0.201. The number of hydrogen-bond donors (Lipinski definition) is 1. The Balaban J connectivity index is 2.37. The summed E-state index contributed by atoms with van der Waals surface area (Å²) in [6, 6.07) is 4.09. The van der Waals surface area contributed by atoms with Crippen molar-refractivity contribution in [3.8, 4) is 0 Å². The second kappa shape index (κ2) is 3.91. The van der Waals surface area contributed by atoms with Gasteiger partial charge < -0.3 is 10.5 Å². The zero-order valence-electron chi connectivity index (χ0n) is 8.22. The zero-order valence-corrected chi connectivity index (χ0v) is 9.80. The smallest absolute Gasteiger partial charge is 0.0846 e. The van der Waals surface area contributed by atoms with Gasteiger partial charge in [-0.2, -0.15) is 0 Å². The lowest BCUT2D eigenvalue weighted by Crippen LogP contribution is -2.02. The van der Waals surface area contributed by atoms with E-state index in [0.29, 0.717) is 0 Å². The molecular formula is C11H14BrNO. The van der Waals surface area contributed by atoms with Gasteiger partial charge in [-0.25, -0.2) is 0 Å². The Morgan fingerprint density at radius 3 is 2.93 bits per heavy atom. The van der Waals surface area contributed by atoms with Crippen LogP contribution in [0.1, 0.15) is 30.1 Å². The standard InChI is InChI=1S/C11H14BrNO/c1-7-5-10(13)8(6-9(7)12)11-3-2-4-14-11/h5-6,11H,2-4,13H2,1H3. The monoisotopic (exact) mass is 255 g/mol. The van der Waals surface area contributed by atoms with Crippen LogP contribution in [0, 0.1) is 6.92 Å². The highest BCUT2D eigenvalue weighted by molar-refractivity contribution is 9.10. The number of nitrogens with two attached hydrogens (primary N) is 1. The molecule has 1 fully saturated rings. The van der Waals surface area contributed by atoms with E-state index in [0.717, 1.165) is 35.2 Å². The van der Waals surface area contributed by atoms with Gasteiger partial charge in [0.05, 0.1) is 6.10 Å². The van der Waals surface area contributed by atoms with Crippen molar-refractivity contribution in [3.63, 3.8) is 0 Å². The largest absolute Gasteiger partial charge is 0.398 e. The summed E-state index contributed by atoms with van der Waals surface area (Å²) < 4.78 is 6.72. The predicted octanol–water partition coefficient (Wildman–Crippen LogP) is 3.19. The summed E-state index contributed by atoms with van der Waals surface area (Å²) in [5.41, 5.74) is 9.11. The van der Waals surface area contributed by atoms with Crippen LogP contribution in [0.4, 0.5) is 5.69 Å². The van der Waals surface area contributed by atoms with Crippen LogP contribution in [0.3, 0.4) is 0 Å². The highest BCUT2D eigenvalue weighted by Crippen LogP contribution is 2.35. The van der Waals surface area contributed by atoms with Gasteiger partial charge in [-0.15, -0.1) is 0 Å². The van der Waals surface area contributed by atoms with Gasteiger partial charge in [0.2, 0.25) is 0 Å². The number of anilines is 1. The van der Waals surface area contributed by atoms with Crippen molar-refractivity contribution in [2.45, 2.75) is 25.9 Å². The Kier molecular flexibility index (Phi) is 2.79. The van der Waals surface area contributed by atoms with Crippen LogP contribution in [0.15, 0.2) is 16.6 Å². The molecule has 14 heavy (non-hydrogen) atoms. The maximum Gasteiger partial charge on any atom is 0.0846 e. The number of ether oxygens (including phenoxy) is 1. The minimum atomic E-state index is 0.201. The lowest BCUT2D eigenvalue weighted by atomic mass is 10.0. The summed E-state index contributed by atoms with van der Waals surface area (Å²) in [7, 11) is 0. The average molecular weight is 256 g/mol. The number of benzene rings is 1. The molecule has 76 valence electrons. The van der Waals surface area contributed by atoms with Crippen LogP contribution in [0.2, 0.25) is 0 Å². The number of aryl methyl sites for hydroxylation is 1. The van der Waals surface area contributed by atoms with Gasteiger partial charge in [0.25, 0.3) is 0 Å². The van der Waals surface area contributed by atoms with Crippen molar-refractivity contribution in [2.75, 3.05) is 12.3 Å². The van der Waals surface area contributed by atoms with Gasteiger partial charge in [0.1, 0.15) is 0 Å². The fraction of sp³-hybridized carbons (Fsp3) is 0.455. The molecule has 1 unspecified atom stereocenters. The molecule has 0 aliphatic carbocycles. The summed E-state index contributed by atoms with van der Waals surface area (Å²) in [5, 5.41) is 0. The molecule has 0 aromatic heterocycles. The molecule has 3 heteroatoms. The third-order valence-corrected chi connectivity index (χ3v) is 3.50. The third kappa shape index (κ3) is 1.79. The molecule has 0 radical (unpaired) electrons. The first kappa shape index (κ1) is 9.99. The van der Waals surface area contributed by atoms with Crippen LogP contribution in [-0.4, -0.2) is 6.61 Å². The molecule has 1 aliphatic heterocycles. The average Bonchev–Trinajstić information content (AvgIpc) is 2.64. The first-order valence-electron chi connectivity index (χ1n) is 4.85. The Bertz CT molecular complexity index is 345. The van der Waals surface area contributed by atoms with Gasteiger partial charge >= 0.3 is 0 Å². The normalized spacial score (nSPS) is 21.4. The number of halogens is 1. The zero-order chi connectivity index (χ0) is 10.1. The van der Waals surface area contributed by atoms with E-state index in [9.17, 15) is 0 Å². The summed E-state index contributed by atoms with van der Waals surface area (Å²) in [5.74, 6) is 0. The molecule has 1 aromatic rings. The number of nitrogen functional groups attached to an aromatic ring is 1. The molecular weight excluding hydrogens is 242 g/mol. The first-order valence-corrected chi connectivity index (χ1v) is 5.65. The Morgan fingerprint density at radius 2 is 2.29 bits per heavy atom. The quantitative estimate of drug-likeness (QED) is 0.783. The first-order chi connectivity index (χ1) is 6.68. The highest BCUT2D eigenvalue weighted by Gasteiger charge is 2.20. The second-order valence-electron chi connectivity index (χ2n) is 3.73. The third-order valence-electron chi connectivity index (χ3n) is 2.64. The number of rotatable bonds is 1. The topological polar surface area (TPSA) is 35.2 Å². The van der Waals surface area contributed by atoms with Crippen molar-refractivity contribution in [3.05, 3.63) is 27.7 Å². The minimum Gasteiger partial charge on any atom is -0.398 e. The number of hydrogen-bond acceptors (Lipinski definition) is 2. The lowest BCUT2D eigenvalue weighted by molar-refractivity contribution is 0.112. The van der Waals surface area contributed by atoms with Crippen LogP contribution in [0.25, 0.3) is 0 Å². The molecule has 1 heterocycles. The molecule has 1 atom stereocenters. The van der Waals surface area contributed by atoms with E-state index >= 15 is 0 Å². The fourth-order valence-corrected chi connectivity index (χ4v) is 2.18. The summed E-state index contributed by atoms with van der Waals surface area (Å²) >= 11 is 3.52. The Hall–Kier alpha value is -0.540. The van der Waals surface area contributed by atoms with Crippen molar-refractivity contribution < 1.29 is 4.74 Å². The fourth-order valence-electron chi connectivity index (χ4n) is 1.82. The molecule has 1 aromatic carbocycles. The molecule has 2 nitrogen and oxygen atoms in total. The lowest BCUT2D eigenvalue weighted by Gasteiger charge is -2.14. The molecule has 1 saturated heterocycles. The second-order valence-corrected chi connectivity index (χ2v) is 4.59. The Labute approximate surface area is 92.6 Å². The van der Waals surface area contributed by atoms with E-state index in [-0.39, 0.29) is 6.10 Å². The van der Waals surface area contributed by atoms with E-state index in [1.54, 1.807) is 0 Å². The van der Waals surface area contributed by atoms with E-state index < -0.39 is 0 Å². The van der Waals surface area contributed by atoms with Crippen LogP contribution < -0.4 is 5.73 Å². The SMILES string of the molecule is Cc1cc(N)c(C2CCCO2)cc1Br. The van der Waals surface area contributed by atoms with E-state index in [2.05, 4.69) is 22.0 Å². The van der Waals surface area contributed by atoms with Gasteiger partial charge in [-0.1, -0.05) is 15.9 Å².